The number of carbonyl (C=O) groups is 2. The number of aliphatic carboxylic acids is 1. The van der Waals surface area contributed by atoms with Crippen molar-refractivity contribution in [2.75, 3.05) is 0 Å². The molecule has 1 aromatic heterocycles. The van der Waals surface area contributed by atoms with Crippen molar-refractivity contribution < 1.29 is 14.7 Å². The monoisotopic (exact) mass is 322 g/mol. The van der Waals surface area contributed by atoms with Crippen LogP contribution in [0.5, 0.6) is 0 Å². The Morgan fingerprint density at radius 3 is 2.46 bits per heavy atom. The lowest BCUT2D eigenvalue weighted by Crippen LogP contribution is -2.10. The van der Waals surface area contributed by atoms with Crippen molar-refractivity contribution in [2.24, 2.45) is 0 Å². The minimum Gasteiger partial charge on any atom is -0.480 e. The third-order valence-corrected chi connectivity index (χ3v) is 4.21. The zero-order valence-corrected chi connectivity index (χ0v) is 13.8. The van der Waals surface area contributed by atoms with Gasteiger partial charge >= 0.3 is 5.97 Å². The van der Waals surface area contributed by atoms with Crippen LogP contribution in [0.1, 0.15) is 28.4 Å². The highest BCUT2D eigenvalue weighted by molar-refractivity contribution is 5.98. The number of Topliss-reactive ketones (excluding diaryl/α,β-unsaturated/α-hetero) is 1. The van der Waals surface area contributed by atoms with E-state index >= 15 is 0 Å². The number of fused-ring (bicyclic) bond motifs is 1. The number of hydrogen-bond acceptors (Lipinski definition) is 3. The molecule has 0 saturated heterocycles. The van der Waals surface area contributed by atoms with Crippen LogP contribution in [-0.2, 0) is 11.3 Å². The van der Waals surface area contributed by atoms with Crippen molar-refractivity contribution in [3.05, 3.63) is 53.1 Å². The number of carbonyl (C=O) groups excluding carboxylic acids is 1. The normalized spacial score (nSPS) is 11.0. The first-order valence-electron chi connectivity index (χ1n) is 7.67. The minimum absolute atomic E-state index is 0.0441. The van der Waals surface area contributed by atoms with Crippen molar-refractivity contribution in [3.63, 3.8) is 0 Å². The molecular formula is C19H18N2O3. The summed E-state index contributed by atoms with van der Waals surface area (Å²) < 4.78 is 1.67. The first-order valence-corrected chi connectivity index (χ1v) is 7.67. The molecule has 1 heterocycles. The lowest BCUT2D eigenvalue weighted by atomic mass is 10.1. The second-order valence-electron chi connectivity index (χ2n) is 5.97. The fourth-order valence-electron chi connectivity index (χ4n) is 2.74. The minimum atomic E-state index is -0.935. The highest BCUT2D eigenvalue weighted by Crippen LogP contribution is 2.27. The summed E-state index contributed by atoms with van der Waals surface area (Å²) in [7, 11) is 0. The van der Waals surface area contributed by atoms with Crippen LogP contribution in [0, 0.1) is 13.8 Å². The number of imidazole rings is 1. The third kappa shape index (κ3) is 2.80. The first-order chi connectivity index (χ1) is 11.4. The van der Waals surface area contributed by atoms with Crippen LogP contribution in [0.25, 0.3) is 22.4 Å². The average molecular weight is 322 g/mol. The lowest BCUT2D eigenvalue weighted by molar-refractivity contribution is -0.137. The summed E-state index contributed by atoms with van der Waals surface area (Å²) in [5.74, 6) is -0.386. The van der Waals surface area contributed by atoms with Crippen LogP contribution in [-0.4, -0.2) is 26.4 Å². The smallest absolute Gasteiger partial charge is 0.323 e. The number of ketones is 1. The predicted molar refractivity (Wildman–Crippen MR) is 92.3 cm³/mol. The third-order valence-electron chi connectivity index (χ3n) is 4.21. The Balaban J connectivity index is 2.26. The number of rotatable bonds is 4. The predicted octanol–water partition coefficient (Wildman–Crippen LogP) is 3.61. The van der Waals surface area contributed by atoms with E-state index in [-0.39, 0.29) is 12.3 Å². The van der Waals surface area contributed by atoms with Gasteiger partial charge in [0.05, 0.1) is 11.0 Å². The van der Waals surface area contributed by atoms with E-state index in [9.17, 15) is 14.7 Å². The van der Waals surface area contributed by atoms with Crippen molar-refractivity contribution in [1.82, 2.24) is 9.55 Å². The summed E-state index contributed by atoms with van der Waals surface area (Å²) in [5, 5.41) is 9.25. The highest BCUT2D eigenvalue weighted by Gasteiger charge is 2.16. The van der Waals surface area contributed by atoms with Crippen LogP contribution in [0.4, 0.5) is 0 Å². The van der Waals surface area contributed by atoms with Crippen LogP contribution in [0.2, 0.25) is 0 Å². The Bertz CT molecular complexity index is 970. The van der Waals surface area contributed by atoms with Gasteiger partial charge in [-0.3, -0.25) is 9.59 Å². The van der Waals surface area contributed by atoms with Gasteiger partial charge in [-0.1, -0.05) is 12.1 Å². The van der Waals surface area contributed by atoms with Crippen LogP contribution in [0.3, 0.4) is 0 Å². The van der Waals surface area contributed by atoms with Gasteiger partial charge in [0.15, 0.2) is 5.78 Å². The molecule has 24 heavy (non-hydrogen) atoms. The lowest BCUT2D eigenvalue weighted by Gasteiger charge is -2.08. The van der Waals surface area contributed by atoms with E-state index in [4.69, 9.17) is 0 Å². The molecule has 0 amide bonds. The molecular weight excluding hydrogens is 304 g/mol. The van der Waals surface area contributed by atoms with Gasteiger partial charge in [-0.15, -0.1) is 0 Å². The number of carboxylic acids is 1. The highest BCUT2D eigenvalue weighted by atomic mass is 16.4. The van der Waals surface area contributed by atoms with Gasteiger partial charge in [-0.05, 0) is 56.2 Å². The zero-order valence-electron chi connectivity index (χ0n) is 13.8. The summed E-state index contributed by atoms with van der Waals surface area (Å²) in [6.45, 7) is 5.35. The van der Waals surface area contributed by atoms with E-state index < -0.39 is 5.97 Å². The van der Waals surface area contributed by atoms with Crippen molar-refractivity contribution in [3.8, 4) is 11.4 Å². The van der Waals surface area contributed by atoms with E-state index in [0.29, 0.717) is 22.4 Å². The van der Waals surface area contributed by atoms with Gasteiger partial charge in [0.25, 0.3) is 0 Å². The van der Waals surface area contributed by atoms with E-state index in [1.54, 1.807) is 22.8 Å². The molecule has 0 radical (unpaired) electrons. The SMILES string of the molecule is CC(=O)c1ccc2c(c1)nc(-c1ccc(C)c(C)c1)n2CC(=O)O. The number of benzene rings is 2. The summed E-state index contributed by atoms with van der Waals surface area (Å²) >= 11 is 0. The molecule has 122 valence electrons. The Labute approximate surface area is 139 Å². The largest absolute Gasteiger partial charge is 0.480 e. The van der Waals surface area contributed by atoms with Gasteiger partial charge in [-0.25, -0.2) is 4.98 Å². The quantitative estimate of drug-likeness (QED) is 0.745. The average Bonchev–Trinajstić information content (AvgIpc) is 2.87. The molecule has 1 N–H and O–H groups in total. The molecule has 0 atom stereocenters. The maximum Gasteiger partial charge on any atom is 0.323 e. The number of carboxylic acid groups (broad SMARTS) is 1. The van der Waals surface area contributed by atoms with Gasteiger partial charge < -0.3 is 9.67 Å². The topological polar surface area (TPSA) is 72.2 Å². The van der Waals surface area contributed by atoms with Crippen LogP contribution < -0.4 is 0 Å². The molecule has 0 aliphatic heterocycles. The van der Waals surface area contributed by atoms with Gasteiger partial charge in [-0.2, -0.15) is 0 Å². The van der Waals surface area contributed by atoms with Crippen LogP contribution in [0.15, 0.2) is 36.4 Å². The summed E-state index contributed by atoms with van der Waals surface area (Å²) in [6.07, 6.45) is 0. The standard InChI is InChI=1S/C19H18N2O3/c1-11-4-5-15(8-12(11)2)19-20-16-9-14(13(3)22)6-7-17(16)21(19)10-18(23)24/h4-9H,10H2,1-3H3,(H,23,24). The second-order valence-corrected chi connectivity index (χ2v) is 5.97. The first kappa shape index (κ1) is 15.9. The molecule has 0 spiro atoms. The number of aryl methyl sites for hydroxylation is 2. The van der Waals surface area contributed by atoms with Crippen molar-refractivity contribution in [1.29, 1.82) is 0 Å². The number of aromatic nitrogens is 2. The fraction of sp³-hybridized carbons (Fsp3) is 0.211. The maximum absolute atomic E-state index is 11.6. The molecule has 0 saturated carbocycles. The Hall–Kier alpha value is -2.95. The molecule has 3 aromatic rings. The van der Waals surface area contributed by atoms with E-state index in [0.717, 1.165) is 11.1 Å². The fourth-order valence-corrected chi connectivity index (χ4v) is 2.74. The summed E-state index contributed by atoms with van der Waals surface area (Å²) in [6, 6.07) is 11.1. The summed E-state index contributed by atoms with van der Waals surface area (Å²) in [5.41, 5.74) is 5.03. The van der Waals surface area contributed by atoms with Crippen molar-refractivity contribution in [2.45, 2.75) is 27.3 Å². The van der Waals surface area contributed by atoms with Crippen LogP contribution >= 0.6 is 0 Å². The Morgan fingerprint density at radius 1 is 1.08 bits per heavy atom. The van der Waals surface area contributed by atoms with Gasteiger partial charge in [0, 0.05) is 11.1 Å². The van der Waals surface area contributed by atoms with Gasteiger partial charge in [0.2, 0.25) is 0 Å². The number of nitrogens with zero attached hydrogens (tertiary/aromatic N) is 2. The molecule has 0 aliphatic carbocycles. The van der Waals surface area contributed by atoms with E-state index in [1.165, 1.54) is 12.5 Å². The number of hydrogen-bond donors (Lipinski definition) is 1. The Kier molecular flexibility index (Phi) is 3.93. The molecule has 0 unspecified atom stereocenters. The van der Waals surface area contributed by atoms with Crippen molar-refractivity contribution >= 4 is 22.8 Å². The van der Waals surface area contributed by atoms with E-state index in [1.807, 2.05) is 32.0 Å². The molecule has 0 fully saturated rings. The molecule has 0 bridgehead atoms. The second kappa shape index (κ2) is 5.92. The maximum atomic E-state index is 11.6. The summed E-state index contributed by atoms with van der Waals surface area (Å²) in [4.78, 5) is 27.5. The molecule has 3 rings (SSSR count). The van der Waals surface area contributed by atoms with E-state index in [2.05, 4.69) is 4.98 Å². The zero-order chi connectivity index (χ0) is 17.4. The molecule has 5 heteroatoms. The van der Waals surface area contributed by atoms with Gasteiger partial charge in [0.1, 0.15) is 12.4 Å². The molecule has 2 aromatic carbocycles. The molecule has 0 aliphatic rings. The molecule has 5 nitrogen and oxygen atoms in total. The Morgan fingerprint density at radius 2 is 1.83 bits per heavy atom.